The zero-order valence-corrected chi connectivity index (χ0v) is 13.7. The Morgan fingerprint density at radius 1 is 0.500 bits per heavy atom. The number of fused-ring (bicyclic) bond motifs is 10. The summed E-state index contributed by atoms with van der Waals surface area (Å²) in [5.74, 6) is 2.15. The Morgan fingerprint density at radius 2 is 1.04 bits per heavy atom. The van der Waals surface area contributed by atoms with Crippen molar-refractivity contribution in [2.45, 2.75) is 0 Å². The lowest BCUT2D eigenvalue weighted by molar-refractivity contribution is 0.445. The van der Waals surface area contributed by atoms with Crippen LogP contribution in [-0.2, 0) is 0 Å². The molecule has 124 valence electrons. The Labute approximate surface area is 149 Å². The maximum absolute atomic E-state index is 5.95. The maximum Gasteiger partial charge on any atom is 0.221 e. The Balaban J connectivity index is 1.73. The number of pyridine rings is 3. The zero-order valence-electron chi connectivity index (χ0n) is 13.7. The van der Waals surface area contributed by atoms with E-state index in [4.69, 9.17) is 9.47 Å². The van der Waals surface area contributed by atoms with Crippen LogP contribution in [-0.4, -0.2) is 15.0 Å². The van der Waals surface area contributed by atoms with Gasteiger partial charge < -0.3 is 9.47 Å². The molecular weight excluding hydrogens is 326 g/mol. The number of ether oxygens (including phenoxy) is 2. The number of benzene rings is 1. The van der Waals surface area contributed by atoms with Crippen molar-refractivity contribution < 1.29 is 9.47 Å². The van der Waals surface area contributed by atoms with Crippen molar-refractivity contribution in [3.05, 3.63) is 78.9 Å². The van der Waals surface area contributed by atoms with Gasteiger partial charge in [0.05, 0.1) is 17.1 Å². The van der Waals surface area contributed by atoms with E-state index in [0.29, 0.717) is 34.8 Å². The van der Waals surface area contributed by atoms with E-state index in [1.54, 1.807) is 6.07 Å². The number of aromatic nitrogens is 3. The molecule has 5 heteroatoms. The smallest absolute Gasteiger partial charge is 0.221 e. The number of rotatable bonds is 0. The van der Waals surface area contributed by atoms with Gasteiger partial charge in [0.25, 0.3) is 0 Å². The van der Waals surface area contributed by atoms with E-state index in [-0.39, 0.29) is 0 Å². The topological polar surface area (TPSA) is 57.1 Å². The van der Waals surface area contributed by atoms with Crippen molar-refractivity contribution in [3.8, 4) is 46.0 Å². The second-order valence-electron chi connectivity index (χ2n) is 5.82. The van der Waals surface area contributed by atoms with Gasteiger partial charge in [0.15, 0.2) is 0 Å². The molecule has 0 unspecified atom stereocenters. The molecule has 4 heterocycles. The zero-order chi connectivity index (χ0) is 17.3. The van der Waals surface area contributed by atoms with Gasteiger partial charge in [0.1, 0.15) is 5.75 Å². The molecular formula is C21H13N3O2. The summed E-state index contributed by atoms with van der Waals surface area (Å²) in [4.78, 5) is 13.7. The molecule has 3 aromatic heterocycles. The monoisotopic (exact) mass is 339 g/mol. The van der Waals surface area contributed by atoms with Gasteiger partial charge in [-0.25, -0.2) is 15.0 Å². The molecule has 1 aliphatic rings. The molecule has 26 heavy (non-hydrogen) atoms. The average Bonchev–Trinajstić information content (AvgIpc) is 2.68. The third-order valence-electron chi connectivity index (χ3n) is 3.99. The molecule has 0 fully saturated rings. The average molecular weight is 339 g/mol. The molecule has 0 spiro atoms. The van der Waals surface area contributed by atoms with Crippen LogP contribution in [0.15, 0.2) is 78.9 Å². The molecule has 0 aliphatic carbocycles. The lowest BCUT2D eigenvalue weighted by atomic mass is 10.1. The number of nitrogens with zero attached hydrogens (tertiary/aromatic N) is 3. The molecule has 5 rings (SSSR count). The van der Waals surface area contributed by atoms with Gasteiger partial charge in [0, 0.05) is 23.8 Å². The van der Waals surface area contributed by atoms with Crippen molar-refractivity contribution >= 4 is 0 Å². The highest BCUT2D eigenvalue weighted by molar-refractivity contribution is 5.62. The summed E-state index contributed by atoms with van der Waals surface area (Å²) in [6.07, 6.45) is 0. The van der Waals surface area contributed by atoms with E-state index >= 15 is 0 Å². The highest BCUT2D eigenvalue weighted by Crippen LogP contribution is 2.30. The van der Waals surface area contributed by atoms with Crippen molar-refractivity contribution in [2.24, 2.45) is 0 Å². The first-order chi connectivity index (χ1) is 12.8. The molecule has 0 amide bonds. The predicted molar refractivity (Wildman–Crippen MR) is 97.3 cm³/mol. The SMILES string of the molecule is c1cc2cc(c1)-c1cccc(n1)Oc1cccc(n1)-c1cccc(n1)O2. The Kier molecular flexibility index (Phi) is 3.35. The molecule has 8 bridgehead atoms. The van der Waals surface area contributed by atoms with Crippen molar-refractivity contribution in [3.63, 3.8) is 0 Å². The molecule has 4 aromatic rings. The van der Waals surface area contributed by atoms with Crippen molar-refractivity contribution in [1.29, 1.82) is 0 Å². The van der Waals surface area contributed by atoms with Crippen LogP contribution in [0.3, 0.4) is 0 Å². The highest BCUT2D eigenvalue weighted by atomic mass is 16.5. The second kappa shape index (κ2) is 5.97. The minimum Gasteiger partial charge on any atom is -0.439 e. The fraction of sp³-hybridized carbons (Fsp3) is 0. The van der Waals surface area contributed by atoms with Gasteiger partial charge in [-0.15, -0.1) is 0 Å². The normalized spacial score (nSPS) is 11.7. The number of hydrogen-bond acceptors (Lipinski definition) is 5. The molecule has 1 aromatic carbocycles. The molecule has 0 saturated carbocycles. The van der Waals surface area contributed by atoms with E-state index in [2.05, 4.69) is 15.0 Å². The van der Waals surface area contributed by atoms with Gasteiger partial charge >= 0.3 is 0 Å². The molecule has 0 saturated heterocycles. The lowest BCUT2D eigenvalue weighted by Gasteiger charge is -2.11. The van der Waals surface area contributed by atoms with Crippen LogP contribution in [0, 0.1) is 0 Å². The Hall–Kier alpha value is -3.73. The third kappa shape index (κ3) is 2.75. The summed E-state index contributed by atoms with van der Waals surface area (Å²) in [5.41, 5.74) is 3.14. The lowest BCUT2D eigenvalue weighted by Crippen LogP contribution is -1.96. The first-order valence-corrected chi connectivity index (χ1v) is 8.21. The first kappa shape index (κ1) is 14.6. The largest absolute Gasteiger partial charge is 0.439 e. The standard InChI is InChI=1S/C21H13N3O2/c1-5-14-13-15(6-1)25-19-10-3-8-17(23-19)18-9-4-12-21(24-18)26-20-11-2-7-16(14)22-20/h1-13H. The third-order valence-corrected chi connectivity index (χ3v) is 3.99. The molecule has 0 atom stereocenters. The van der Waals surface area contributed by atoms with Gasteiger partial charge in [-0.3, -0.25) is 0 Å². The van der Waals surface area contributed by atoms with Crippen molar-refractivity contribution in [1.82, 2.24) is 15.0 Å². The number of hydrogen-bond donors (Lipinski definition) is 0. The van der Waals surface area contributed by atoms with E-state index in [1.165, 1.54) is 0 Å². The van der Waals surface area contributed by atoms with Crippen LogP contribution in [0.1, 0.15) is 0 Å². The first-order valence-electron chi connectivity index (χ1n) is 8.21. The second-order valence-corrected chi connectivity index (χ2v) is 5.82. The molecule has 1 aliphatic heterocycles. The van der Waals surface area contributed by atoms with E-state index in [1.807, 2.05) is 72.8 Å². The summed E-state index contributed by atoms with van der Waals surface area (Å²) in [5, 5.41) is 0. The van der Waals surface area contributed by atoms with E-state index in [0.717, 1.165) is 11.3 Å². The summed E-state index contributed by atoms with van der Waals surface area (Å²) >= 11 is 0. The van der Waals surface area contributed by atoms with Crippen LogP contribution in [0.2, 0.25) is 0 Å². The van der Waals surface area contributed by atoms with Crippen LogP contribution in [0.5, 0.6) is 23.4 Å². The Morgan fingerprint density at radius 3 is 1.73 bits per heavy atom. The summed E-state index contributed by atoms with van der Waals surface area (Å²) in [7, 11) is 0. The van der Waals surface area contributed by atoms with Crippen LogP contribution in [0.4, 0.5) is 0 Å². The fourth-order valence-corrected chi connectivity index (χ4v) is 2.81. The van der Waals surface area contributed by atoms with Gasteiger partial charge in [0.2, 0.25) is 17.6 Å². The van der Waals surface area contributed by atoms with E-state index < -0.39 is 0 Å². The predicted octanol–water partition coefficient (Wildman–Crippen LogP) is 5.10. The van der Waals surface area contributed by atoms with Crippen molar-refractivity contribution in [2.75, 3.05) is 0 Å². The Bertz CT molecular complexity index is 935. The maximum atomic E-state index is 5.95. The summed E-state index contributed by atoms with van der Waals surface area (Å²) in [6, 6.07) is 24.5. The van der Waals surface area contributed by atoms with Crippen LogP contribution >= 0.6 is 0 Å². The molecule has 0 radical (unpaired) electrons. The summed E-state index contributed by atoms with van der Waals surface area (Å²) in [6.45, 7) is 0. The molecule has 5 nitrogen and oxygen atoms in total. The van der Waals surface area contributed by atoms with Gasteiger partial charge in [-0.1, -0.05) is 30.3 Å². The molecule has 0 N–H and O–H groups in total. The van der Waals surface area contributed by atoms with Crippen LogP contribution < -0.4 is 9.47 Å². The minimum absolute atomic E-state index is 0.464. The van der Waals surface area contributed by atoms with Crippen LogP contribution in [0.25, 0.3) is 22.6 Å². The quantitative estimate of drug-likeness (QED) is 0.393. The van der Waals surface area contributed by atoms with Gasteiger partial charge in [-0.05, 0) is 30.3 Å². The van der Waals surface area contributed by atoms with E-state index in [9.17, 15) is 0 Å². The van der Waals surface area contributed by atoms with Gasteiger partial charge in [-0.2, -0.15) is 0 Å². The highest BCUT2D eigenvalue weighted by Gasteiger charge is 2.10. The summed E-state index contributed by atoms with van der Waals surface area (Å²) < 4.78 is 11.8. The minimum atomic E-state index is 0.464. The fourth-order valence-electron chi connectivity index (χ4n) is 2.81.